The second kappa shape index (κ2) is 13.8. The quantitative estimate of drug-likeness (QED) is 0.459. The van der Waals surface area contributed by atoms with E-state index in [9.17, 15) is 23.2 Å². The number of likely N-dealkylation sites (tertiary alicyclic amines) is 1. The van der Waals surface area contributed by atoms with Crippen molar-refractivity contribution in [2.24, 2.45) is 0 Å². The topological polar surface area (TPSA) is 104 Å². The first kappa shape index (κ1) is 32.3. The van der Waals surface area contributed by atoms with Crippen molar-refractivity contribution in [3.05, 3.63) is 76.8 Å². The number of hydrogen-bond acceptors (Lipinski definition) is 7. The van der Waals surface area contributed by atoms with Crippen LogP contribution in [0.4, 0.5) is 18.4 Å². The highest BCUT2D eigenvalue weighted by atomic mass is 35.5. The molecule has 4 amide bonds. The van der Waals surface area contributed by atoms with Gasteiger partial charge in [-0.25, -0.2) is 28.1 Å². The second-order valence-corrected chi connectivity index (χ2v) is 11.0. The summed E-state index contributed by atoms with van der Waals surface area (Å²) >= 11 is 0. The van der Waals surface area contributed by atoms with Gasteiger partial charge in [0.2, 0.25) is 0 Å². The molecular weight excluding hydrogens is 584 g/mol. The minimum Gasteiger partial charge on any atom is -0.466 e. The molecule has 5 rings (SSSR count). The zero-order valence-electron chi connectivity index (χ0n) is 24.3. The predicted octanol–water partition coefficient (Wildman–Crippen LogP) is 4.38. The van der Waals surface area contributed by atoms with Crippen LogP contribution in [0, 0.1) is 11.6 Å². The maximum atomic E-state index is 14.4. The Kier molecular flexibility index (Phi) is 10.4. The Labute approximate surface area is 255 Å². The van der Waals surface area contributed by atoms with E-state index in [0.717, 1.165) is 55.5 Å². The molecule has 0 radical (unpaired) electrons. The second-order valence-electron chi connectivity index (χ2n) is 11.0. The molecule has 0 bridgehead atoms. The van der Waals surface area contributed by atoms with Gasteiger partial charge in [0.1, 0.15) is 6.04 Å². The van der Waals surface area contributed by atoms with E-state index in [-0.39, 0.29) is 41.9 Å². The van der Waals surface area contributed by atoms with Gasteiger partial charge < -0.3 is 19.7 Å². The number of pyridine rings is 1. The normalized spacial score (nSPS) is 22.8. The number of halogens is 3. The molecule has 3 aliphatic rings. The number of amides is 4. The van der Waals surface area contributed by atoms with Crippen molar-refractivity contribution >= 4 is 30.4 Å². The number of nitrogens with one attached hydrogen (secondary N) is 1. The minimum absolute atomic E-state index is 0. The lowest BCUT2D eigenvalue weighted by atomic mass is 9.82. The molecule has 13 heteroatoms. The van der Waals surface area contributed by atoms with Gasteiger partial charge in [0.25, 0.3) is 0 Å². The highest BCUT2D eigenvalue weighted by Crippen LogP contribution is 2.38. The van der Waals surface area contributed by atoms with E-state index in [1.54, 1.807) is 7.05 Å². The molecule has 0 spiro atoms. The molecule has 10 nitrogen and oxygen atoms in total. The molecule has 1 aromatic carbocycles. The van der Waals surface area contributed by atoms with Crippen LogP contribution in [0.1, 0.15) is 48.9 Å². The van der Waals surface area contributed by atoms with Gasteiger partial charge in [-0.3, -0.25) is 9.88 Å². The van der Waals surface area contributed by atoms with Crippen LogP contribution in [-0.4, -0.2) is 90.8 Å². The Balaban J connectivity index is 0.00000423. The predicted molar refractivity (Wildman–Crippen MR) is 155 cm³/mol. The van der Waals surface area contributed by atoms with Crippen molar-refractivity contribution in [3.63, 3.8) is 0 Å². The monoisotopic (exact) mass is 619 g/mol. The van der Waals surface area contributed by atoms with E-state index in [4.69, 9.17) is 9.47 Å². The third kappa shape index (κ3) is 6.51. The number of likely N-dealkylation sites (N-methyl/N-ethyl adjacent to an activating group) is 1. The van der Waals surface area contributed by atoms with Gasteiger partial charge in [-0.15, -0.1) is 12.4 Å². The number of esters is 1. The van der Waals surface area contributed by atoms with E-state index in [1.165, 1.54) is 18.1 Å². The maximum absolute atomic E-state index is 14.4. The molecule has 43 heavy (non-hydrogen) atoms. The first-order valence-electron chi connectivity index (χ1n) is 14.0. The highest BCUT2D eigenvalue weighted by molar-refractivity contribution is 6.01. The first-order chi connectivity index (χ1) is 20.2. The van der Waals surface area contributed by atoms with E-state index in [1.807, 2.05) is 18.3 Å². The number of urea groups is 2. The molecule has 1 atom stereocenters. The molecule has 3 heterocycles. The van der Waals surface area contributed by atoms with Crippen molar-refractivity contribution in [1.29, 1.82) is 0 Å². The van der Waals surface area contributed by atoms with E-state index < -0.39 is 35.7 Å². The molecule has 2 aliphatic heterocycles. The lowest BCUT2D eigenvalue weighted by Gasteiger charge is -2.50. The van der Waals surface area contributed by atoms with Crippen LogP contribution in [0.15, 0.2) is 53.9 Å². The summed E-state index contributed by atoms with van der Waals surface area (Å²) in [6, 6.07) is 6.40. The molecule has 1 N–H and O–H groups in total. The van der Waals surface area contributed by atoms with Gasteiger partial charge in [-0.2, -0.15) is 0 Å². The number of nitrogens with zero attached hydrogens (tertiary/aromatic N) is 4. The van der Waals surface area contributed by atoms with Crippen molar-refractivity contribution in [2.75, 3.05) is 41.0 Å². The Morgan fingerprint density at radius 3 is 2.40 bits per heavy atom. The minimum atomic E-state index is -1.36. The Morgan fingerprint density at radius 2 is 1.79 bits per heavy atom. The van der Waals surface area contributed by atoms with Crippen LogP contribution in [0.3, 0.4) is 0 Å². The van der Waals surface area contributed by atoms with Crippen LogP contribution in [0.2, 0.25) is 0 Å². The molecule has 1 saturated carbocycles. The summed E-state index contributed by atoms with van der Waals surface area (Å²) in [6.07, 6.45) is 6.00. The number of methoxy groups -OCH3 is 2. The van der Waals surface area contributed by atoms with Gasteiger partial charge in [0.15, 0.2) is 11.6 Å². The summed E-state index contributed by atoms with van der Waals surface area (Å²) in [5, 5.41) is 2.56. The Hall–Kier alpha value is -3.61. The summed E-state index contributed by atoms with van der Waals surface area (Å²) in [5.74, 6) is -2.66. The molecule has 1 aliphatic carbocycles. The number of ether oxygens (including phenoxy) is 2. The van der Waals surface area contributed by atoms with E-state index in [2.05, 4.69) is 21.3 Å². The summed E-state index contributed by atoms with van der Waals surface area (Å²) in [6.45, 7) is 1.11. The summed E-state index contributed by atoms with van der Waals surface area (Å²) < 4.78 is 38.3. The van der Waals surface area contributed by atoms with E-state index >= 15 is 0 Å². The number of benzene rings is 1. The number of imide groups is 1. The van der Waals surface area contributed by atoms with Crippen molar-refractivity contribution in [3.8, 4) is 0 Å². The summed E-state index contributed by atoms with van der Waals surface area (Å²) in [4.78, 5) is 49.4. The zero-order valence-corrected chi connectivity index (χ0v) is 25.1. The fourth-order valence-corrected chi connectivity index (χ4v) is 6.18. The van der Waals surface area contributed by atoms with Gasteiger partial charge in [-0.05, 0) is 55.5 Å². The third-order valence-corrected chi connectivity index (χ3v) is 8.55. The summed E-state index contributed by atoms with van der Waals surface area (Å²) in [5.41, 5.74) is 1.14. The number of hydrogen-bond donors (Lipinski definition) is 1. The fourth-order valence-electron chi connectivity index (χ4n) is 6.18. The third-order valence-electron chi connectivity index (χ3n) is 8.55. The van der Waals surface area contributed by atoms with Crippen LogP contribution in [0.5, 0.6) is 0 Å². The zero-order chi connectivity index (χ0) is 30.0. The lowest BCUT2D eigenvalue weighted by Crippen LogP contribution is -2.65. The van der Waals surface area contributed by atoms with Gasteiger partial charge in [-0.1, -0.05) is 12.1 Å². The smallest absolute Gasteiger partial charge is 0.338 e. The maximum Gasteiger partial charge on any atom is 0.338 e. The van der Waals surface area contributed by atoms with Gasteiger partial charge >= 0.3 is 18.0 Å². The fraction of sp³-hybridized carbons (Fsp3) is 0.467. The number of aromatic nitrogens is 1. The summed E-state index contributed by atoms with van der Waals surface area (Å²) in [7, 11) is 4.13. The van der Waals surface area contributed by atoms with Gasteiger partial charge in [0.05, 0.1) is 31.0 Å². The molecule has 1 saturated heterocycles. The Bertz CT molecular complexity index is 1370. The van der Waals surface area contributed by atoms with Crippen LogP contribution in [0.25, 0.3) is 0 Å². The molecule has 232 valence electrons. The largest absolute Gasteiger partial charge is 0.466 e. The standard InChI is InChI=1S/C30H35F2N5O5.ClH/c1-35(21-15-36(16-21)20-10-7-18(8-11-20)24-6-4-5-13-33-24)30(40)37-27(19-9-12-22(31)23(32)14-19)26(28(38)42-3)25(17-41-2)34-29(37)39;/h4-6,9,12-14,18,20-21,27H,7-8,10-11,15-17H2,1-3H3,(H,34,39);1H/t18?,20?,27-;/m0./s1. The highest BCUT2D eigenvalue weighted by Gasteiger charge is 2.46. The Morgan fingerprint density at radius 1 is 1.07 bits per heavy atom. The molecule has 2 aromatic rings. The number of carbonyl (C=O) groups is 3. The SMILES string of the molecule is COCC1=C(C(=O)OC)[C@H](c2ccc(F)c(F)c2)N(C(=O)N(C)C2CN(C3CCC(c4ccccn4)CC3)C2)C(=O)N1.Cl. The van der Waals surface area contributed by atoms with E-state index in [0.29, 0.717) is 25.0 Å². The molecule has 2 fully saturated rings. The van der Waals surface area contributed by atoms with Crippen LogP contribution < -0.4 is 5.32 Å². The van der Waals surface area contributed by atoms with Crippen molar-refractivity contribution < 1.29 is 32.6 Å². The van der Waals surface area contributed by atoms with Crippen LogP contribution in [-0.2, 0) is 14.3 Å². The van der Waals surface area contributed by atoms with Crippen LogP contribution >= 0.6 is 12.4 Å². The van der Waals surface area contributed by atoms with Crippen molar-refractivity contribution in [1.82, 2.24) is 25.0 Å². The van der Waals surface area contributed by atoms with Crippen molar-refractivity contribution in [2.45, 2.75) is 49.7 Å². The molecule has 0 unspecified atom stereocenters. The number of carbonyl (C=O) groups excluding carboxylic acids is 3. The lowest BCUT2D eigenvalue weighted by molar-refractivity contribution is -0.137. The molecular formula is C30H36ClF2N5O5. The average Bonchev–Trinajstić information content (AvgIpc) is 2.97. The molecule has 1 aromatic heterocycles. The van der Waals surface area contributed by atoms with Gasteiger partial charge in [0, 0.05) is 51.1 Å². The first-order valence-corrected chi connectivity index (χ1v) is 14.0. The number of rotatable bonds is 7. The average molecular weight is 620 g/mol.